The first-order valence-electron chi connectivity index (χ1n) is 8.72. The van der Waals surface area contributed by atoms with E-state index >= 15 is 0 Å². The van der Waals surface area contributed by atoms with Crippen LogP contribution in [0.2, 0.25) is 0 Å². The van der Waals surface area contributed by atoms with Gasteiger partial charge in [0.1, 0.15) is 19.6 Å². The lowest BCUT2D eigenvalue weighted by atomic mass is 10.1. The molecule has 3 aromatic carbocycles. The molecule has 0 heterocycles. The molecule has 0 aromatic heterocycles. The molecule has 0 aliphatic heterocycles. The van der Waals surface area contributed by atoms with E-state index in [4.69, 9.17) is 0 Å². The normalized spacial score (nSPS) is 10.8. The van der Waals surface area contributed by atoms with E-state index in [0.29, 0.717) is 6.54 Å². The van der Waals surface area contributed by atoms with Crippen molar-refractivity contribution in [3.05, 3.63) is 107 Å². The minimum absolute atomic E-state index is 0.196. The smallest absolute Gasteiger partial charge is 0.216 e. The van der Waals surface area contributed by atoms with Crippen molar-refractivity contribution in [3.8, 4) is 0 Å². The van der Waals surface area contributed by atoms with E-state index in [1.165, 1.54) is 21.6 Å². The second-order valence-electron chi connectivity index (χ2n) is 6.54. The average molecular weight is 330 g/mol. The Morgan fingerprint density at radius 1 is 0.720 bits per heavy atom. The van der Waals surface area contributed by atoms with Crippen LogP contribution in [0, 0.1) is 6.92 Å². The highest BCUT2D eigenvalue weighted by Crippen LogP contribution is 2.04. The molecule has 0 aliphatic rings. The van der Waals surface area contributed by atoms with Gasteiger partial charge in [-0.15, -0.1) is 0 Å². The zero-order valence-corrected chi connectivity index (χ0v) is 14.6. The third-order valence-electron chi connectivity index (χ3n) is 4.38. The minimum atomic E-state index is 0.196. The van der Waals surface area contributed by atoms with Gasteiger partial charge < -0.3 is 4.90 Å². The molecule has 0 spiro atoms. The lowest BCUT2D eigenvalue weighted by molar-refractivity contribution is -0.919. The van der Waals surface area contributed by atoms with Crippen molar-refractivity contribution in [2.24, 2.45) is 0 Å². The maximum Gasteiger partial charge on any atom is 0.216 e. The number of aryl methyl sites for hydroxylation is 1. The second kappa shape index (κ2) is 8.41. The molecule has 25 heavy (non-hydrogen) atoms. The summed E-state index contributed by atoms with van der Waals surface area (Å²) in [6.07, 6.45) is 0. The van der Waals surface area contributed by atoms with Crippen molar-refractivity contribution in [2.45, 2.75) is 20.0 Å². The van der Waals surface area contributed by atoms with E-state index in [9.17, 15) is 4.79 Å². The Hall–Kier alpha value is -2.71. The van der Waals surface area contributed by atoms with Crippen LogP contribution in [-0.4, -0.2) is 12.3 Å². The summed E-state index contributed by atoms with van der Waals surface area (Å²) in [7, 11) is 0. The molecular formula is C23H24NO+. The molecule has 0 radical (unpaired) electrons. The zero-order chi connectivity index (χ0) is 17.5. The van der Waals surface area contributed by atoms with Crippen LogP contribution in [0.15, 0.2) is 84.9 Å². The van der Waals surface area contributed by atoms with Gasteiger partial charge in [-0.3, -0.25) is 4.79 Å². The third-order valence-corrected chi connectivity index (χ3v) is 4.38. The Bertz CT molecular complexity index is 753. The first-order chi connectivity index (χ1) is 12.2. The van der Waals surface area contributed by atoms with Gasteiger partial charge in [0, 0.05) is 16.7 Å². The largest absolute Gasteiger partial charge is 0.321 e. The Balaban J connectivity index is 1.75. The van der Waals surface area contributed by atoms with Gasteiger partial charge in [0.15, 0.2) is 0 Å². The molecular weight excluding hydrogens is 306 g/mol. The highest BCUT2D eigenvalue weighted by Gasteiger charge is 2.17. The second-order valence-corrected chi connectivity index (χ2v) is 6.54. The van der Waals surface area contributed by atoms with Gasteiger partial charge >= 0.3 is 0 Å². The number of quaternary nitrogens is 1. The Morgan fingerprint density at radius 3 is 1.68 bits per heavy atom. The molecule has 3 rings (SSSR count). The number of hydrogen-bond acceptors (Lipinski definition) is 1. The molecule has 0 bridgehead atoms. The van der Waals surface area contributed by atoms with E-state index in [1.54, 1.807) is 0 Å². The van der Waals surface area contributed by atoms with Crippen molar-refractivity contribution in [2.75, 3.05) is 6.54 Å². The summed E-state index contributed by atoms with van der Waals surface area (Å²) >= 11 is 0. The van der Waals surface area contributed by atoms with Crippen LogP contribution < -0.4 is 4.90 Å². The molecule has 0 aliphatic carbocycles. The van der Waals surface area contributed by atoms with Gasteiger partial charge in [-0.2, -0.15) is 0 Å². The molecule has 0 saturated carbocycles. The Labute approximate surface area is 149 Å². The fourth-order valence-corrected chi connectivity index (χ4v) is 3.03. The van der Waals surface area contributed by atoms with E-state index < -0.39 is 0 Å². The maximum atomic E-state index is 12.7. The topological polar surface area (TPSA) is 21.5 Å². The monoisotopic (exact) mass is 330 g/mol. The van der Waals surface area contributed by atoms with Gasteiger partial charge in [0.2, 0.25) is 5.78 Å². The van der Waals surface area contributed by atoms with Gasteiger partial charge in [-0.1, -0.05) is 90.5 Å². The zero-order valence-electron chi connectivity index (χ0n) is 14.6. The molecule has 0 unspecified atom stereocenters. The quantitative estimate of drug-likeness (QED) is 0.658. The number of carbonyl (C=O) groups is 1. The van der Waals surface area contributed by atoms with Crippen LogP contribution in [0.25, 0.3) is 0 Å². The van der Waals surface area contributed by atoms with Crippen molar-refractivity contribution < 1.29 is 9.69 Å². The first-order valence-corrected chi connectivity index (χ1v) is 8.72. The third kappa shape index (κ3) is 5.13. The molecule has 0 atom stereocenters. The van der Waals surface area contributed by atoms with E-state index in [2.05, 4.69) is 48.5 Å². The van der Waals surface area contributed by atoms with Crippen LogP contribution in [-0.2, 0) is 13.1 Å². The molecule has 0 saturated heterocycles. The first kappa shape index (κ1) is 17.1. The Morgan fingerprint density at radius 2 is 1.20 bits per heavy atom. The summed E-state index contributed by atoms with van der Waals surface area (Å²) in [5.74, 6) is 0.196. The highest BCUT2D eigenvalue weighted by molar-refractivity contribution is 5.96. The number of nitrogens with one attached hydrogen (secondary N) is 1. The van der Waals surface area contributed by atoms with Gasteiger partial charge in [-0.05, 0) is 6.92 Å². The number of carbonyl (C=O) groups excluding carboxylic acids is 1. The standard InChI is InChI=1S/C23H23NO/c1-19-12-14-22(15-13-19)23(25)18-24(16-20-8-4-2-5-9-20)17-21-10-6-3-7-11-21/h2-15H,16-18H2,1H3/p+1. The predicted molar refractivity (Wildman–Crippen MR) is 102 cm³/mol. The van der Waals surface area contributed by atoms with Gasteiger partial charge in [0.25, 0.3) is 0 Å². The summed E-state index contributed by atoms with van der Waals surface area (Å²) in [5, 5.41) is 0. The van der Waals surface area contributed by atoms with E-state index in [1.807, 2.05) is 43.3 Å². The average Bonchev–Trinajstić information content (AvgIpc) is 2.64. The summed E-state index contributed by atoms with van der Waals surface area (Å²) in [5.41, 5.74) is 4.48. The van der Waals surface area contributed by atoms with Gasteiger partial charge in [-0.25, -0.2) is 0 Å². The number of ketones is 1. The van der Waals surface area contributed by atoms with Crippen molar-refractivity contribution in [1.82, 2.24) is 0 Å². The Kier molecular flexibility index (Phi) is 5.76. The lowest BCUT2D eigenvalue weighted by Crippen LogP contribution is -3.10. The SMILES string of the molecule is Cc1ccc(C(=O)C[NH+](Cc2ccccc2)Cc2ccccc2)cc1. The number of hydrogen-bond donors (Lipinski definition) is 1. The van der Waals surface area contributed by atoms with Crippen LogP contribution in [0.3, 0.4) is 0 Å². The van der Waals surface area contributed by atoms with Crippen LogP contribution in [0.4, 0.5) is 0 Å². The maximum absolute atomic E-state index is 12.7. The van der Waals surface area contributed by atoms with Crippen molar-refractivity contribution in [1.29, 1.82) is 0 Å². The lowest BCUT2D eigenvalue weighted by Gasteiger charge is -2.19. The highest BCUT2D eigenvalue weighted by atomic mass is 16.1. The molecule has 126 valence electrons. The summed E-state index contributed by atoms with van der Waals surface area (Å²) in [6, 6.07) is 28.6. The predicted octanol–water partition coefficient (Wildman–Crippen LogP) is 3.46. The molecule has 2 nitrogen and oxygen atoms in total. The fraction of sp³-hybridized carbons (Fsp3) is 0.174. The molecule has 0 fully saturated rings. The van der Waals surface area contributed by atoms with E-state index in [-0.39, 0.29) is 5.78 Å². The molecule has 3 aromatic rings. The summed E-state index contributed by atoms with van der Waals surface area (Å²) < 4.78 is 0. The molecule has 2 heteroatoms. The van der Waals surface area contributed by atoms with E-state index in [0.717, 1.165) is 18.7 Å². The number of benzene rings is 3. The van der Waals surface area contributed by atoms with Crippen molar-refractivity contribution in [3.63, 3.8) is 0 Å². The summed E-state index contributed by atoms with van der Waals surface area (Å²) in [6.45, 7) is 4.21. The van der Waals surface area contributed by atoms with Crippen LogP contribution in [0.1, 0.15) is 27.0 Å². The fourth-order valence-electron chi connectivity index (χ4n) is 3.03. The number of Topliss-reactive ketones (excluding diaryl/α,β-unsaturated/α-hetero) is 1. The van der Waals surface area contributed by atoms with Crippen molar-refractivity contribution >= 4 is 5.78 Å². The van der Waals surface area contributed by atoms with Crippen LogP contribution >= 0.6 is 0 Å². The molecule has 1 N–H and O–H groups in total. The van der Waals surface area contributed by atoms with Gasteiger partial charge in [0.05, 0.1) is 0 Å². The molecule has 0 amide bonds. The summed E-state index contributed by atoms with van der Waals surface area (Å²) in [4.78, 5) is 14.0. The number of rotatable bonds is 7. The minimum Gasteiger partial charge on any atom is -0.321 e. The van der Waals surface area contributed by atoms with Crippen LogP contribution in [0.5, 0.6) is 0 Å².